The van der Waals surface area contributed by atoms with Gasteiger partial charge in [0.1, 0.15) is 0 Å². The van der Waals surface area contributed by atoms with Crippen LogP contribution in [0.25, 0.3) is 0 Å². The summed E-state index contributed by atoms with van der Waals surface area (Å²) in [5, 5.41) is 0. The first-order chi connectivity index (χ1) is 5.70. The Hall–Kier alpha value is -1.20. The smallest absolute Gasteiger partial charge is 0.264 e. The van der Waals surface area contributed by atoms with Gasteiger partial charge in [0, 0.05) is 5.56 Å². The van der Waals surface area contributed by atoms with E-state index in [9.17, 15) is 9.00 Å². The normalized spacial score (nSPS) is 12.1. The van der Waals surface area contributed by atoms with Gasteiger partial charge in [0.25, 0.3) is 17.2 Å². The van der Waals surface area contributed by atoms with Gasteiger partial charge in [-0.05, 0) is 12.1 Å². The SMILES string of the molecule is O=C(NS(=O)O)c1ccccc1. The maximum absolute atomic E-state index is 11.0. The van der Waals surface area contributed by atoms with Crippen molar-refractivity contribution in [3.63, 3.8) is 0 Å². The van der Waals surface area contributed by atoms with Crippen LogP contribution in [0.2, 0.25) is 0 Å². The third-order valence-electron chi connectivity index (χ3n) is 1.22. The van der Waals surface area contributed by atoms with E-state index < -0.39 is 17.2 Å². The van der Waals surface area contributed by atoms with Crippen LogP contribution in [-0.2, 0) is 11.3 Å². The molecule has 1 atom stereocenters. The minimum atomic E-state index is -2.30. The van der Waals surface area contributed by atoms with Crippen molar-refractivity contribution in [3.8, 4) is 0 Å². The highest BCUT2D eigenvalue weighted by atomic mass is 32.2. The number of nitrogens with one attached hydrogen (secondary N) is 1. The molecule has 0 spiro atoms. The van der Waals surface area contributed by atoms with Gasteiger partial charge in [-0.3, -0.25) is 9.35 Å². The Labute approximate surface area is 72.0 Å². The van der Waals surface area contributed by atoms with Crippen molar-refractivity contribution in [1.29, 1.82) is 0 Å². The van der Waals surface area contributed by atoms with Gasteiger partial charge in [-0.2, -0.15) is 0 Å². The first-order valence-electron chi connectivity index (χ1n) is 3.17. The summed E-state index contributed by atoms with van der Waals surface area (Å²) in [6.45, 7) is 0. The van der Waals surface area contributed by atoms with Crippen LogP contribution in [0.3, 0.4) is 0 Å². The molecule has 0 aliphatic rings. The standard InChI is InChI=1S/C7H7NO3S/c9-7(8-12(10)11)6-4-2-1-3-5-6/h1-5H,(H,8,9)(H,10,11). The monoisotopic (exact) mass is 185 g/mol. The first-order valence-corrected chi connectivity index (χ1v) is 4.27. The second-order valence-electron chi connectivity index (χ2n) is 2.05. The van der Waals surface area contributed by atoms with E-state index in [1.165, 1.54) is 0 Å². The number of carbonyl (C=O) groups is 1. The molecule has 0 saturated carbocycles. The molecule has 0 aliphatic heterocycles. The molecule has 2 N–H and O–H groups in total. The quantitative estimate of drug-likeness (QED) is 0.661. The Morgan fingerprint density at radius 3 is 2.42 bits per heavy atom. The lowest BCUT2D eigenvalue weighted by molar-refractivity contribution is 0.0981. The first kappa shape index (κ1) is 8.89. The van der Waals surface area contributed by atoms with Crippen LogP contribution in [0.5, 0.6) is 0 Å². The lowest BCUT2D eigenvalue weighted by atomic mass is 10.2. The molecule has 0 radical (unpaired) electrons. The molecule has 0 aromatic heterocycles. The zero-order chi connectivity index (χ0) is 8.97. The molecular formula is C7H7NO3S. The maximum Gasteiger partial charge on any atom is 0.264 e. The molecule has 1 rings (SSSR count). The Kier molecular flexibility index (Phi) is 2.95. The van der Waals surface area contributed by atoms with Crippen LogP contribution in [0.4, 0.5) is 0 Å². The molecule has 1 aromatic carbocycles. The van der Waals surface area contributed by atoms with E-state index in [0.29, 0.717) is 5.56 Å². The minimum Gasteiger partial charge on any atom is -0.289 e. The van der Waals surface area contributed by atoms with E-state index in [1.54, 1.807) is 30.3 Å². The largest absolute Gasteiger partial charge is 0.289 e. The predicted octanol–water partition coefficient (Wildman–Crippen LogP) is 0.553. The summed E-state index contributed by atoms with van der Waals surface area (Å²) < 4.78 is 20.3. The molecule has 0 fully saturated rings. The van der Waals surface area contributed by atoms with Gasteiger partial charge in [0.05, 0.1) is 0 Å². The van der Waals surface area contributed by atoms with E-state index in [2.05, 4.69) is 0 Å². The Bertz CT molecular complexity index is 299. The maximum atomic E-state index is 11.0. The van der Waals surface area contributed by atoms with Crippen molar-refractivity contribution < 1.29 is 13.6 Å². The van der Waals surface area contributed by atoms with Crippen molar-refractivity contribution in [2.75, 3.05) is 0 Å². The van der Waals surface area contributed by atoms with E-state index in [4.69, 9.17) is 4.55 Å². The fourth-order valence-corrected chi connectivity index (χ4v) is 1.00. The molecule has 5 heteroatoms. The fraction of sp³-hybridized carbons (Fsp3) is 0. The average molecular weight is 185 g/mol. The van der Waals surface area contributed by atoms with Gasteiger partial charge in [0.2, 0.25) is 0 Å². The van der Waals surface area contributed by atoms with Gasteiger partial charge in [-0.15, -0.1) is 0 Å². The topological polar surface area (TPSA) is 66.4 Å². The van der Waals surface area contributed by atoms with Crippen LogP contribution in [0, 0.1) is 0 Å². The highest BCUT2D eigenvalue weighted by Gasteiger charge is 2.05. The number of hydrogen-bond acceptors (Lipinski definition) is 2. The van der Waals surface area contributed by atoms with Crippen molar-refractivity contribution in [1.82, 2.24) is 4.72 Å². The van der Waals surface area contributed by atoms with Gasteiger partial charge in [-0.25, -0.2) is 8.93 Å². The zero-order valence-corrected chi connectivity index (χ0v) is 6.88. The number of hydrogen-bond donors (Lipinski definition) is 2. The summed E-state index contributed by atoms with van der Waals surface area (Å²) >= 11 is -2.30. The summed E-state index contributed by atoms with van der Waals surface area (Å²) in [4.78, 5) is 11.0. The van der Waals surface area contributed by atoms with Gasteiger partial charge < -0.3 is 0 Å². The van der Waals surface area contributed by atoms with Gasteiger partial charge >= 0.3 is 0 Å². The Morgan fingerprint density at radius 1 is 1.33 bits per heavy atom. The summed E-state index contributed by atoms with van der Waals surface area (Å²) in [5.74, 6) is -0.559. The summed E-state index contributed by atoms with van der Waals surface area (Å²) in [6.07, 6.45) is 0. The summed E-state index contributed by atoms with van der Waals surface area (Å²) in [5.41, 5.74) is 0.361. The van der Waals surface area contributed by atoms with Crippen LogP contribution < -0.4 is 4.72 Å². The van der Waals surface area contributed by atoms with E-state index in [-0.39, 0.29) is 0 Å². The third-order valence-corrected chi connectivity index (χ3v) is 1.58. The molecule has 4 nitrogen and oxygen atoms in total. The predicted molar refractivity (Wildman–Crippen MR) is 44.7 cm³/mol. The Balaban J connectivity index is 2.73. The van der Waals surface area contributed by atoms with Crippen LogP contribution in [0.15, 0.2) is 30.3 Å². The van der Waals surface area contributed by atoms with Crippen LogP contribution in [0.1, 0.15) is 10.4 Å². The number of amides is 1. The zero-order valence-electron chi connectivity index (χ0n) is 6.06. The third kappa shape index (κ3) is 2.44. The van der Waals surface area contributed by atoms with Crippen LogP contribution in [-0.4, -0.2) is 14.7 Å². The van der Waals surface area contributed by atoms with Crippen molar-refractivity contribution in [2.24, 2.45) is 0 Å². The van der Waals surface area contributed by atoms with Crippen molar-refractivity contribution in [3.05, 3.63) is 35.9 Å². The molecule has 0 saturated heterocycles. The molecule has 1 unspecified atom stereocenters. The minimum absolute atomic E-state index is 0.361. The molecule has 64 valence electrons. The average Bonchev–Trinajstić information content (AvgIpc) is 2.05. The molecule has 12 heavy (non-hydrogen) atoms. The molecule has 1 aromatic rings. The molecular weight excluding hydrogens is 178 g/mol. The molecule has 0 bridgehead atoms. The van der Waals surface area contributed by atoms with Gasteiger partial charge in [0.15, 0.2) is 0 Å². The molecule has 1 amide bonds. The number of benzene rings is 1. The van der Waals surface area contributed by atoms with E-state index in [0.717, 1.165) is 0 Å². The second kappa shape index (κ2) is 3.99. The van der Waals surface area contributed by atoms with Crippen molar-refractivity contribution >= 4 is 17.2 Å². The van der Waals surface area contributed by atoms with E-state index in [1.807, 2.05) is 4.72 Å². The Morgan fingerprint density at radius 2 is 1.92 bits per heavy atom. The fourth-order valence-electron chi connectivity index (χ4n) is 0.728. The highest BCUT2D eigenvalue weighted by Crippen LogP contribution is 1.97. The number of rotatable bonds is 2. The highest BCUT2D eigenvalue weighted by molar-refractivity contribution is 7.77. The lowest BCUT2D eigenvalue weighted by Gasteiger charge is -1.98. The van der Waals surface area contributed by atoms with Gasteiger partial charge in [-0.1, -0.05) is 18.2 Å². The second-order valence-corrected chi connectivity index (χ2v) is 2.75. The van der Waals surface area contributed by atoms with Crippen LogP contribution >= 0.6 is 0 Å². The number of carbonyl (C=O) groups excluding carboxylic acids is 1. The summed E-state index contributed by atoms with van der Waals surface area (Å²) in [7, 11) is 0. The van der Waals surface area contributed by atoms with E-state index >= 15 is 0 Å². The molecule has 0 aliphatic carbocycles. The summed E-state index contributed by atoms with van der Waals surface area (Å²) in [6, 6.07) is 8.22. The van der Waals surface area contributed by atoms with Crippen molar-refractivity contribution in [2.45, 2.75) is 0 Å². The lowest BCUT2D eigenvalue weighted by Crippen LogP contribution is -2.24. The molecule has 0 heterocycles.